The van der Waals surface area contributed by atoms with Gasteiger partial charge in [0.1, 0.15) is 5.82 Å². The van der Waals surface area contributed by atoms with Crippen LogP contribution in [0.1, 0.15) is 5.56 Å². The summed E-state index contributed by atoms with van der Waals surface area (Å²) in [4.78, 5) is 27.3. The van der Waals surface area contributed by atoms with Gasteiger partial charge in [0.05, 0.1) is 18.4 Å². The third-order valence-electron chi connectivity index (χ3n) is 3.11. The summed E-state index contributed by atoms with van der Waals surface area (Å²) in [7, 11) is 1.45. The third-order valence-corrected chi connectivity index (χ3v) is 3.34. The zero-order valence-corrected chi connectivity index (χ0v) is 11.1. The summed E-state index contributed by atoms with van der Waals surface area (Å²) in [5, 5.41) is 5.89. The fraction of sp³-hybridized carbons (Fsp3) is 0.182. The Morgan fingerprint density at radius 3 is 3.00 bits per heavy atom. The molecule has 1 saturated heterocycles. The zero-order chi connectivity index (χ0) is 14.3. The van der Waals surface area contributed by atoms with Crippen LogP contribution in [0, 0.1) is 4.91 Å². The second kappa shape index (κ2) is 4.84. The molecule has 0 bridgehead atoms. The summed E-state index contributed by atoms with van der Waals surface area (Å²) < 4.78 is 0. The van der Waals surface area contributed by atoms with Crippen LogP contribution in [0.2, 0.25) is 5.02 Å². The molecule has 20 heavy (non-hydrogen) atoms. The van der Waals surface area contributed by atoms with Crippen LogP contribution >= 0.6 is 11.6 Å². The van der Waals surface area contributed by atoms with Crippen LogP contribution in [0.4, 0.5) is 5.69 Å². The van der Waals surface area contributed by atoms with Crippen molar-refractivity contribution in [3.8, 4) is 0 Å². The lowest BCUT2D eigenvalue weighted by Crippen LogP contribution is -2.43. The third kappa shape index (κ3) is 1.86. The Morgan fingerprint density at radius 2 is 2.30 bits per heavy atom. The highest BCUT2D eigenvalue weighted by atomic mass is 35.5. The Kier molecular flexibility index (Phi) is 3.14. The molecule has 1 fully saturated rings. The average molecular weight is 296 g/mol. The molecule has 0 radical (unpaired) electrons. The van der Waals surface area contributed by atoms with Gasteiger partial charge in [0.15, 0.2) is 0 Å². The van der Waals surface area contributed by atoms with Gasteiger partial charge in [0.2, 0.25) is 0 Å². The van der Waals surface area contributed by atoms with Gasteiger partial charge in [-0.25, -0.2) is 5.01 Å². The van der Waals surface area contributed by atoms with E-state index in [2.05, 4.69) is 16.1 Å². The number of nitrogens with zero attached hydrogens (tertiary/aromatic N) is 3. The molecular weight excluding hydrogens is 286 g/mol. The van der Waals surface area contributed by atoms with Crippen LogP contribution in [-0.4, -0.2) is 18.3 Å². The van der Waals surface area contributed by atoms with Crippen molar-refractivity contribution in [3.63, 3.8) is 0 Å². The predicted octanol–water partition coefficient (Wildman–Crippen LogP) is 1.01. The number of halogens is 1. The maximum absolute atomic E-state index is 11.7. The summed E-state index contributed by atoms with van der Waals surface area (Å²) in [5.41, 5.74) is 7.31. The van der Waals surface area contributed by atoms with Gasteiger partial charge < -0.3 is 0 Å². The quantitative estimate of drug-likeness (QED) is 0.787. The average Bonchev–Trinajstić information content (AvgIpc) is 2.90. The van der Waals surface area contributed by atoms with Crippen LogP contribution in [-0.2, 0) is 16.1 Å². The Balaban J connectivity index is 2.16. The second-order valence-electron chi connectivity index (χ2n) is 4.18. The number of anilines is 1. The van der Waals surface area contributed by atoms with Crippen molar-refractivity contribution >= 4 is 23.2 Å². The Hall–Kier alpha value is -2.00. The molecule has 2 aliphatic heterocycles. The molecular formula is C11H10ClN5O3. The minimum atomic E-state index is -0.821. The molecule has 8 nitrogen and oxygen atoms in total. The smallest absolute Gasteiger partial charge is 0.288 e. The van der Waals surface area contributed by atoms with Gasteiger partial charge in [0.25, 0.3) is 0 Å². The number of carbonyl (C=O) groups is 1. The minimum absolute atomic E-state index is 0.252. The van der Waals surface area contributed by atoms with Crippen molar-refractivity contribution < 1.29 is 9.63 Å². The molecule has 0 aromatic heterocycles. The van der Waals surface area contributed by atoms with E-state index in [1.807, 2.05) is 0 Å². The zero-order valence-electron chi connectivity index (χ0n) is 10.4. The summed E-state index contributed by atoms with van der Waals surface area (Å²) in [6, 6.07) is 5.25. The van der Waals surface area contributed by atoms with E-state index in [9.17, 15) is 9.70 Å². The first-order valence-corrected chi connectivity index (χ1v) is 6.08. The number of carbonyl (C=O) groups excluding carboxylic acids is 1. The SMILES string of the molecule is CON1NNC2=C(C(=O)N=O)Cc3ccc(Cl)cc3N21. The molecule has 3 rings (SSSR count). The Labute approximate surface area is 118 Å². The van der Waals surface area contributed by atoms with E-state index in [4.69, 9.17) is 16.4 Å². The topological polar surface area (TPSA) is 86.3 Å². The van der Waals surface area contributed by atoms with Gasteiger partial charge in [-0.1, -0.05) is 17.7 Å². The van der Waals surface area contributed by atoms with E-state index >= 15 is 0 Å². The summed E-state index contributed by atoms with van der Waals surface area (Å²) >= 11 is 6.01. The number of hydrogen-bond donors (Lipinski definition) is 2. The lowest BCUT2D eigenvalue weighted by atomic mass is 9.99. The van der Waals surface area contributed by atoms with Crippen molar-refractivity contribution in [2.75, 3.05) is 12.1 Å². The first-order valence-electron chi connectivity index (χ1n) is 5.71. The highest BCUT2D eigenvalue weighted by Crippen LogP contribution is 2.36. The number of amides is 1. The highest BCUT2D eigenvalue weighted by Gasteiger charge is 2.37. The molecule has 1 amide bonds. The Bertz CT molecular complexity index is 632. The first-order chi connectivity index (χ1) is 9.65. The van der Waals surface area contributed by atoms with E-state index < -0.39 is 5.91 Å². The van der Waals surface area contributed by atoms with Gasteiger partial charge >= 0.3 is 5.91 Å². The number of benzene rings is 1. The van der Waals surface area contributed by atoms with Crippen LogP contribution in [0.15, 0.2) is 34.8 Å². The van der Waals surface area contributed by atoms with Crippen LogP contribution in [0.5, 0.6) is 0 Å². The normalized spacial score (nSPS) is 17.6. The van der Waals surface area contributed by atoms with E-state index in [1.165, 1.54) is 12.4 Å². The molecule has 2 aliphatic rings. The van der Waals surface area contributed by atoms with Gasteiger partial charge in [-0.15, -0.1) is 10.4 Å². The van der Waals surface area contributed by atoms with Crippen LogP contribution < -0.4 is 16.0 Å². The lowest BCUT2D eigenvalue weighted by Gasteiger charge is -2.30. The van der Waals surface area contributed by atoms with E-state index in [0.29, 0.717) is 10.8 Å². The number of nitrogens with one attached hydrogen (secondary N) is 2. The summed E-state index contributed by atoms with van der Waals surface area (Å²) in [5.74, 6) is -0.427. The largest absolute Gasteiger partial charge is 0.316 e. The van der Waals surface area contributed by atoms with E-state index in [0.717, 1.165) is 11.3 Å². The highest BCUT2D eigenvalue weighted by molar-refractivity contribution is 6.30. The van der Waals surface area contributed by atoms with Crippen molar-refractivity contribution in [3.05, 3.63) is 45.1 Å². The summed E-state index contributed by atoms with van der Waals surface area (Å²) in [6.45, 7) is 0. The maximum Gasteiger partial charge on any atom is 0.316 e. The standard InChI is InChI=1S/C11H10ClN5O3/c1-20-17-15-13-10-8(11(18)14-19)4-6-2-3-7(12)5-9(6)16(10)17/h2-3,5,13,15H,4H2,1H3. The molecule has 0 aliphatic carbocycles. The molecule has 1 aromatic carbocycles. The van der Waals surface area contributed by atoms with E-state index in [1.54, 1.807) is 23.2 Å². The molecule has 104 valence electrons. The number of fused-ring (bicyclic) bond motifs is 3. The monoisotopic (exact) mass is 295 g/mol. The number of nitroso groups, excluding NO2 is 1. The van der Waals surface area contributed by atoms with Crippen LogP contribution in [0.25, 0.3) is 0 Å². The van der Waals surface area contributed by atoms with Crippen molar-refractivity contribution in [2.24, 2.45) is 5.18 Å². The molecule has 0 unspecified atom stereocenters. The molecule has 0 atom stereocenters. The van der Waals surface area contributed by atoms with Gasteiger partial charge in [0, 0.05) is 16.6 Å². The fourth-order valence-corrected chi connectivity index (χ4v) is 2.40. The van der Waals surface area contributed by atoms with Crippen LogP contribution in [0.3, 0.4) is 0 Å². The molecule has 0 spiro atoms. The van der Waals surface area contributed by atoms with Gasteiger partial charge in [-0.2, -0.15) is 0 Å². The minimum Gasteiger partial charge on any atom is -0.288 e. The molecule has 2 N–H and O–H groups in total. The lowest BCUT2D eigenvalue weighted by molar-refractivity contribution is -0.163. The molecule has 1 aromatic rings. The summed E-state index contributed by atoms with van der Waals surface area (Å²) in [6.07, 6.45) is 0.287. The van der Waals surface area contributed by atoms with Crippen molar-refractivity contribution in [1.82, 2.24) is 16.2 Å². The molecule has 2 heterocycles. The molecule has 0 saturated carbocycles. The predicted molar refractivity (Wildman–Crippen MR) is 70.6 cm³/mol. The van der Waals surface area contributed by atoms with Gasteiger partial charge in [-0.3, -0.25) is 15.1 Å². The van der Waals surface area contributed by atoms with Crippen molar-refractivity contribution in [1.29, 1.82) is 0 Å². The maximum atomic E-state index is 11.7. The Morgan fingerprint density at radius 1 is 1.50 bits per heavy atom. The fourth-order valence-electron chi connectivity index (χ4n) is 2.23. The van der Waals surface area contributed by atoms with Gasteiger partial charge in [-0.05, 0) is 23.0 Å². The second-order valence-corrected chi connectivity index (χ2v) is 4.61. The molecule has 9 heteroatoms. The van der Waals surface area contributed by atoms with Crippen molar-refractivity contribution in [2.45, 2.75) is 6.42 Å². The van der Waals surface area contributed by atoms with E-state index in [-0.39, 0.29) is 12.0 Å². The number of hydrazine groups is 3. The first kappa shape index (κ1) is 13.0. The number of rotatable bonds is 2. The number of hydrogen-bond acceptors (Lipinski definition) is 7.